The second kappa shape index (κ2) is 3.61. The summed E-state index contributed by atoms with van der Waals surface area (Å²) in [7, 11) is 0. The van der Waals surface area contributed by atoms with Crippen LogP contribution in [0.1, 0.15) is 5.56 Å². The summed E-state index contributed by atoms with van der Waals surface area (Å²) >= 11 is 0. The van der Waals surface area contributed by atoms with Crippen LogP contribution in [0, 0.1) is 0 Å². The molecule has 2 heteroatoms. The fourth-order valence-electron chi connectivity index (χ4n) is 1.06. The van der Waals surface area contributed by atoms with E-state index in [-0.39, 0.29) is 17.1 Å². The standard InChI is InChI=1S/C9H8O.Se/c1-2-6-9-8(4-1)5-3-7-10-9;/h1-6H,7H2;. The molecule has 56 valence electrons. The Morgan fingerprint density at radius 3 is 2.82 bits per heavy atom. The Balaban J connectivity index is 0.000000605. The van der Waals surface area contributed by atoms with Crippen LogP contribution in [0.4, 0.5) is 0 Å². The van der Waals surface area contributed by atoms with Crippen molar-refractivity contribution in [1.29, 1.82) is 0 Å². The molecule has 1 nitrogen and oxygen atoms in total. The van der Waals surface area contributed by atoms with Crippen LogP contribution in [0.5, 0.6) is 5.75 Å². The Morgan fingerprint density at radius 2 is 2.00 bits per heavy atom. The smallest absolute Gasteiger partial charge is 0.126 e. The molecule has 0 amide bonds. The van der Waals surface area contributed by atoms with Crippen molar-refractivity contribution in [2.45, 2.75) is 0 Å². The molecule has 1 aliphatic rings. The van der Waals surface area contributed by atoms with E-state index in [1.165, 1.54) is 5.56 Å². The van der Waals surface area contributed by atoms with Gasteiger partial charge < -0.3 is 4.74 Å². The molecule has 0 aromatic heterocycles. The van der Waals surface area contributed by atoms with Crippen LogP contribution in [-0.2, 0) is 0 Å². The number of benzene rings is 1. The molecular formula is C9H8OSe. The molecule has 0 spiro atoms. The third-order valence-corrected chi connectivity index (χ3v) is 1.55. The van der Waals surface area contributed by atoms with Crippen molar-refractivity contribution in [2.75, 3.05) is 6.61 Å². The second-order valence-corrected chi connectivity index (χ2v) is 2.25. The molecule has 1 heterocycles. The van der Waals surface area contributed by atoms with Crippen molar-refractivity contribution in [1.82, 2.24) is 0 Å². The molecule has 0 saturated heterocycles. The van der Waals surface area contributed by atoms with E-state index in [9.17, 15) is 0 Å². The van der Waals surface area contributed by atoms with Gasteiger partial charge in [-0.25, -0.2) is 0 Å². The first kappa shape index (κ1) is 8.38. The topological polar surface area (TPSA) is 9.23 Å². The predicted molar refractivity (Wildman–Crippen MR) is 46.7 cm³/mol. The van der Waals surface area contributed by atoms with E-state index in [2.05, 4.69) is 6.08 Å². The molecule has 2 rings (SSSR count). The van der Waals surface area contributed by atoms with Crippen molar-refractivity contribution in [3.05, 3.63) is 35.9 Å². The zero-order valence-corrected chi connectivity index (χ0v) is 7.70. The second-order valence-electron chi connectivity index (χ2n) is 2.25. The zero-order chi connectivity index (χ0) is 6.81. The largest absolute Gasteiger partial charge is 0.489 e. The average Bonchev–Trinajstić information content (AvgIpc) is 2.05. The van der Waals surface area contributed by atoms with Crippen LogP contribution in [-0.4, -0.2) is 23.7 Å². The molecule has 11 heavy (non-hydrogen) atoms. The van der Waals surface area contributed by atoms with Gasteiger partial charge in [0.2, 0.25) is 0 Å². The summed E-state index contributed by atoms with van der Waals surface area (Å²) < 4.78 is 5.34. The van der Waals surface area contributed by atoms with Gasteiger partial charge >= 0.3 is 0 Å². The molecule has 0 saturated carbocycles. The fraction of sp³-hybridized carbons (Fsp3) is 0.111. The van der Waals surface area contributed by atoms with Crippen LogP contribution in [0.2, 0.25) is 0 Å². The van der Waals surface area contributed by atoms with Crippen molar-refractivity contribution >= 4 is 23.1 Å². The monoisotopic (exact) mass is 212 g/mol. The van der Waals surface area contributed by atoms with Crippen LogP contribution < -0.4 is 4.74 Å². The van der Waals surface area contributed by atoms with Gasteiger partial charge in [-0.05, 0) is 12.1 Å². The summed E-state index contributed by atoms with van der Waals surface area (Å²) in [6.07, 6.45) is 4.10. The minimum Gasteiger partial charge on any atom is -0.489 e. The summed E-state index contributed by atoms with van der Waals surface area (Å²) in [5.41, 5.74) is 1.17. The summed E-state index contributed by atoms with van der Waals surface area (Å²) in [4.78, 5) is 0. The van der Waals surface area contributed by atoms with Gasteiger partial charge in [-0.1, -0.05) is 24.3 Å². The van der Waals surface area contributed by atoms with Gasteiger partial charge in [0.15, 0.2) is 0 Å². The van der Waals surface area contributed by atoms with Gasteiger partial charge in [0, 0.05) is 22.6 Å². The van der Waals surface area contributed by atoms with Gasteiger partial charge in [-0.3, -0.25) is 0 Å². The minimum atomic E-state index is 0. The normalized spacial score (nSPS) is 12.7. The summed E-state index contributed by atoms with van der Waals surface area (Å²) in [5.74, 6) is 0.991. The van der Waals surface area contributed by atoms with Gasteiger partial charge in [-0.2, -0.15) is 0 Å². The molecule has 1 aliphatic heterocycles. The first-order valence-electron chi connectivity index (χ1n) is 3.35. The molecule has 0 N–H and O–H groups in total. The summed E-state index contributed by atoms with van der Waals surface area (Å²) in [6.45, 7) is 0.705. The van der Waals surface area contributed by atoms with Crippen LogP contribution >= 0.6 is 0 Å². The SMILES string of the molecule is C1=Cc2ccccc2OC1.[Se]. The quantitative estimate of drug-likeness (QED) is 0.593. The van der Waals surface area contributed by atoms with Crippen molar-refractivity contribution in [3.63, 3.8) is 0 Å². The van der Waals surface area contributed by atoms with Gasteiger partial charge in [-0.15, -0.1) is 0 Å². The van der Waals surface area contributed by atoms with E-state index in [1.807, 2.05) is 30.3 Å². The molecule has 0 fully saturated rings. The van der Waals surface area contributed by atoms with Crippen molar-refractivity contribution in [3.8, 4) is 5.75 Å². The summed E-state index contributed by atoms with van der Waals surface area (Å²) in [6, 6.07) is 8.03. The first-order valence-corrected chi connectivity index (χ1v) is 3.35. The Hall–Kier alpha value is -0.721. The van der Waals surface area contributed by atoms with Crippen LogP contribution in [0.3, 0.4) is 0 Å². The number of hydrogen-bond donors (Lipinski definition) is 0. The van der Waals surface area contributed by atoms with E-state index < -0.39 is 0 Å². The zero-order valence-electron chi connectivity index (χ0n) is 5.99. The molecular weight excluding hydrogens is 203 g/mol. The Kier molecular flexibility index (Phi) is 2.75. The Labute approximate surface area is 76.5 Å². The molecule has 2 radical (unpaired) electrons. The number of rotatable bonds is 0. The predicted octanol–water partition coefficient (Wildman–Crippen LogP) is 1.71. The Bertz CT molecular complexity index is 268. The maximum absolute atomic E-state index is 5.34. The van der Waals surface area contributed by atoms with E-state index in [0.717, 1.165) is 5.75 Å². The van der Waals surface area contributed by atoms with Crippen LogP contribution in [0.15, 0.2) is 30.3 Å². The summed E-state index contributed by atoms with van der Waals surface area (Å²) in [5, 5.41) is 0. The van der Waals surface area contributed by atoms with Crippen molar-refractivity contribution in [2.24, 2.45) is 0 Å². The van der Waals surface area contributed by atoms with E-state index in [1.54, 1.807) is 0 Å². The third kappa shape index (κ3) is 1.65. The average molecular weight is 211 g/mol. The van der Waals surface area contributed by atoms with E-state index in [4.69, 9.17) is 4.74 Å². The van der Waals surface area contributed by atoms with Gasteiger partial charge in [0.05, 0.1) is 0 Å². The molecule has 1 aromatic carbocycles. The Morgan fingerprint density at radius 1 is 1.18 bits per heavy atom. The van der Waals surface area contributed by atoms with E-state index >= 15 is 0 Å². The van der Waals surface area contributed by atoms with Crippen LogP contribution in [0.25, 0.3) is 6.08 Å². The van der Waals surface area contributed by atoms with E-state index in [0.29, 0.717) is 6.61 Å². The number of fused-ring (bicyclic) bond motifs is 1. The molecule has 0 bridgehead atoms. The number of para-hydroxylation sites is 1. The number of hydrogen-bond acceptors (Lipinski definition) is 1. The maximum atomic E-state index is 5.34. The molecule has 1 aromatic rings. The molecule has 0 aliphatic carbocycles. The van der Waals surface area contributed by atoms with Gasteiger partial charge in [0.25, 0.3) is 0 Å². The molecule has 0 atom stereocenters. The first-order chi connectivity index (χ1) is 4.97. The number of ether oxygens (including phenoxy) is 1. The third-order valence-electron chi connectivity index (χ3n) is 1.55. The fourth-order valence-corrected chi connectivity index (χ4v) is 1.06. The maximum Gasteiger partial charge on any atom is 0.126 e. The van der Waals surface area contributed by atoms with Crippen molar-refractivity contribution < 1.29 is 4.74 Å². The minimum absolute atomic E-state index is 0. The van der Waals surface area contributed by atoms with Gasteiger partial charge in [0.1, 0.15) is 12.4 Å². The molecule has 0 unspecified atom stereocenters.